The molecular formula is C14H18N2O. The Kier molecular flexibility index (Phi) is 2.37. The highest BCUT2D eigenvalue weighted by Gasteiger charge is 2.30. The van der Waals surface area contributed by atoms with Crippen molar-refractivity contribution in [2.24, 2.45) is 12.8 Å². The molecule has 0 bridgehead atoms. The van der Waals surface area contributed by atoms with Gasteiger partial charge in [-0.1, -0.05) is 0 Å². The van der Waals surface area contributed by atoms with Crippen LogP contribution in [0.5, 0.6) is 5.75 Å². The molecule has 0 unspecified atom stereocenters. The lowest BCUT2D eigenvalue weighted by Crippen LogP contribution is -2.05. The summed E-state index contributed by atoms with van der Waals surface area (Å²) in [4.78, 5) is 0. The summed E-state index contributed by atoms with van der Waals surface area (Å²) in [5, 5.41) is 1.31. The number of hydrogen-bond acceptors (Lipinski definition) is 2. The molecule has 1 fully saturated rings. The first kappa shape index (κ1) is 10.7. The molecule has 1 aromatic heterocycles. The van der Waals surface area contributed by atoms with E-state index in [4.69, 9.17) is 10.5 Å². The molecule has 0 saturated heterocycles. The Labute approximate surface area is 101 Å². The maximum atomic E-state index is 5.90. The predicted octanol–water partition coefficient (Wildman–Crippen LogP) is 2.52. The van der Waals surface area contributed by atoms with Crippen LogP contribution in [0, 0.1) is 0 Å². The van der Waals surface area contributed by atoms with Crippen molar-refractivity contribution in [3.8, 4) is 5.75 Å². The minimum atomic E-state index is 0.610. The summed E-state index contributed by atoms with van der Waals surface area (Å²) in [6, 6.07) is 6.28. The Morgan fingerprint density at radius 3 is 2.76 bits per heavy atom. The number of nitrogens with zero attached hydrogens (tertiary/aromatic N) is 1. The molecule has 0 atom stereocenters. The number of ether oxygens (including phenoxy) is 1. The zero-order chi connectivity index (χ0) is 12.0. The van der Waals surface area contributed by atoms with Crippen LogP contribution >= 0.6 is 0 Å². The average Bonchev–Trinajstić information content (AvgIpc) is 3.15. The Bertz CT molecular complexity index is 567. The van der Waals surface area contributed by atoms with Gasteiger partial charge in [-0.05, 0) is 42.5 Å². The second kappa shape index (κ2) is 3.77. The molecule has 2 aromatic rings. The second-order valence-electron chi connectivity index (χ2n) is 4.78. The molecule has 0 aliphatic heterocycles. The van der Waals surface area contributed by atoms with Crippen molar-refractivity contribution < 1.29 is 4.74 Å². The van der Waals surface area contributed by atoms with Crippen LogP contribution in [0.3, 0.4) is 0 Å². The topological polar surface area (TPSA) is 40.2 Å². The van der Waals surface area contributed by atoms with E-state index in [0.29, 0.717) is 12.5 Å². The summed E-state index contributed by atoms with van der Waals surface area (Å²) in [5.41, 5.74) is 9.88. The fourth-order valence-electron chi connectivity index (χ4n) is 2.71. The third-order valence-electron chi connectivity index (χ3n) is 3.75. The summed E-state index contributed by atoms with van der Waals surface area (Å²) < 4.78 is 7.54. The maximum Gasteiger partial charge on any atom is 0.119 e. The number of benzene rings is 1. The van der Waals surface area contributed by atoms with Gasteiger partial charge in [0.1, 0.15) is 5.75 Å². The van der Waals surface area contributed by atoms with E-state index in [2.05, 4.69) is 23.7 Å². The van der Waals surface area contributed by atoms with Crippen molar-refractivity contribution in [3.05, 3.63) is 29.5 Å². The van der Waals surface area contributed by atoms with Gasteiger partial charge in [0.2, 0.25) is 0 Å². The third kappa shape index (κ3) is 1.53. The molecule has 0 amide bonds. The monoisotopic (exact) mass is 230 g/mol. The highest BCUT2D eigenvalue weighted by atomic mass is 16.5. The van der Waals surface area contributed by atoms with Crippen molar-refractivity contribution in [1.82, 2.24) is 4.57 Å². The third-order valence-corrected chi connectivity index (χ3v) is 3.75. The number of aromatic nitrogens is 1. The molecule has 1 saturated carbocycles. The van der Waals surface area contributed by atoms with E-state index in [-0.39, 0.29) is 0 Å². The van der Waals surface area contributed by atoms with E-state index in [1.54, 1.807) is 7.11 Å². The van der Waals surface area contributed by atoms with Gasteiger partial charge in [-0.15, -0.1) is 0 Å². The van der Waals surface area contributed by atoms with Crippen LogP contribution in [0.2, 0.25) is 0 Å². The van der Waals surface area contributed by atoms with Gasteiger partial charge >= 0.3 is 0 Å². The smallest absolute Gasteiger partial charge is 0.119 e. The van der Waals surface area contributed by atoms with Gasteiger partial charge in [0.05, 0.1) is 7.11 Å². The number of fused-ring (bicyclic) bond motifs is 1. The normalized spacial score (nSPS) is 15.5. The van der Waals surface area contributed by atoms with E-state index in [0.717, 1.165) is 5.75 Å². The number of rotatable bonds is 3. The van der Waals surface area contributed by atoms with Gasteiger partial charge in [-0.25, -0.2) is 0 Å². The van der Waals surface area contributed by atoms with Crippen molar-refractivity contribution in [3.63, 3.8) is 0 Å². The lowest BCUT2D eigenvalue weighted by atomic mass is 10.1. The molecule has 1 aromatic carbocycles. The fraction of sp³-hybridized carbons (Fsp3) is 0.429. The lowest BCUT2D eigenvalue weighted by Gasteiger charge is -2.03. The quantitative estimate of drug-likeness (QED) is 0.880. The molecule has 17 heavy (non-hydrogen) atoms. The standard InChI is InChI=1S/C14H18N2O/c1-16-12-6-5-10(17-2)7-11(12)14(9-3-4-9)13(16)8-15/h5-7,9H,3-4,8,15H2,1-2H3. The van der Waals surface area contributed by atoms with E-state index in [1.165, 1.54) is 35.0 Å². The number of nitrogens with two attached hydrogens (primary N) is 1. The predicted molar refractivity (Wildman–Crippen MR) is 69.3 cm³/mol. The number of aryl methyl sites for hydroxylation is 1. The SMILES string of the molecule is COc1ccc2c(c1)c(C1CC1)c(CN)n2C. The van der Waals surface area contributed by atoms with Gasteiger partial charge in [0.15, 0.2) is 0 Å². The summed E-state index contributed by atoms with van der Waals surface area (Å²) in [5.74, 6) is 1.64. The molecule has 0 radical (unpaired) electrons. The fourth-order valence-corrected chi connectivity index (χ4v) is 2.71. The van der Waals surface area contributed by atoms with E-state index < -0.39 is 0 Å². The van der Waals surface area contributed by atoms with Crippen LogP contribution in [0.15, 0.2) is 18.2 Å². The number of methoxy groups -OCH3 is 1. The first-order chi connectivity index (χ1) is 8.26. The van der Waals surface area contributed by atoms with Gasteiger partial charge in [-0.2, -0.15) is 0 Å². The second-order valence-corrected chi connectivity index (χ2v) is 4.78. The summed E-state index contributed by atoms with van der Waals surface area (Å²) in [6.45, 7) is 0.610. The zero-order valence-electron chi connectivity index (χ0n) is 10.4. The molecular weight excluding hydrogens is 212 g/mol. The molecule has 1 aliphatic carbocycles. The first-order valence-electron chi connectivity index (χ1n) is 6.11. The van der Waals surface area contributed by atoms with Crippen molar-refractivity contribution in [2.45, 2.75) is 25.3 Å². The van der Waals surface area contributed by atoms with Gasteiger partial charge in [-0.3, -0.25) is 0 Å². The van der Waals surface area contributed by atoms with Crippen LogP contribution in [-0.4, -0.2) is 11.7 Å². The van der Waals surface area contributed by atoms with Crippen molar-refractivity contribution >= 4 is 10.9 Å². The molecule has 3 rings (SSSR count). The van der Waals surface area contributed by atoms with Crippen LogP contribution in [0.25, 0.3) is 10.9 Å². The first-order valence-corrected chi connectivity index (χ1v) is 6.11. The molecule has 1 aliphatic rings. The molecule has 3 heteroatoms. The van der Waals surface area contributed by atoms with E-state index >= 15 is 0 Å². The minimum absolute atomic E-state index is 0.610. The highest BCUT2D eigenvalue weighted by molar-refractivity contribution is 5.87. The van der Waals surface area contributed by atoms with Gasteiger partial charge < -0.3 is 15.0 Å². The van der Waals surface area contributed by atoms with Crippen LogP contribution in [0.1, 0.15) is 30.0 Å². The van der Waals surface area contributed by atoms with Gasteiger partial charge in [0.25, 0.3) is 0 Å². The van der Waals surface area contributed by atoms with E-state index in [9.17, 15) is 0 Å². The van der Waals surface area contributed by atoms with Crippen LogP contribution in [-0.2, 0) is 13.6 Å². The molecule has 90 valence electrons. The minimum Gasteiger partial charge on any atom is -0.497 e. The maximum absolute atomic E-state index is 5.90. The van der Waals surface area contributed by atoms with E-state index in [1.807, 2.05) is 6.07 Å². The number of hydrogen-bond donors (Lipinski definition) is 1. The summed E-state index contributed by atoms with van der Waals surface area (Å²) in [6.07, 6.45) is 2.59. The average molecular weight is 230 g/mol. The van der Waals surface area contributed by atoms with Gasteiger partial charge in [0, 0.05) is 30.2 Å². The van der Waals surface area contributed by atoms with Crippen molar-refractivity contribution in [1.29, 1.82) is 0 Å². The van der Waals surface area contributed by atoms with Crippen LogP contribution < -0.4 is 10.5 Å². The molecule has 0 spiro atoms. The lowest BCUT2D eigenvalue weighted by molar-refractivity contribution is 0.415. The molecule has 2 N–H and O–H groups in total. The largest absolute Gasteiger partial charge is 0.497 e. The summed E-state index contributed by atoms with van der Waals surface area (Å²) in [7, 11) is 3.81. The Balaban J connectivity index is 2.31. The molecule has 1 heterocycles. The van der Waals surface area contributed by atoms with Crippen LogP contribution in [0.4, 0.5) is 0 Å². The van der Waals surface area contributed by atoms with Crippen molar-refractivity contribution in [2.75, 3.05) is 7.11 Å². The Morgan fingerprint density at radius 1 is 1.41 bits per heavy atom. The Hall–Kier alpha value is -1.48. The highest BCUT2D eigenvalue weighted by Crippen LogP contribution is 2.46. The zero-order valence-corrected chi connectivity index (χ0v) is 10.4. The summed E-state index contributed by atoms with van der Waals surface area (Å²) >= 11 is 0. The Morgan fingerprint density at radius 2 is 2.18 bits per heavy atom. The molecule has 3 nitrogen and oxygen atoms in total.